The number of rotatable bonds is 7. The summed E-state index contributed by atoms with van der Waals surface area (Å²) in [5.41, 5.74) is 10.9. The number of Topliss-reactive ketones (excluding diaryl/α,β-unsaturated/α-hetero) is 1. The molecule has 2 aromatic rings. The van der Waals surface area contributed by atoms with Gasteiger partial charge in [-0.3, -0.25) is 9.79 Å². The van der Waals surface area contributed by atoms with E-state index in [-0.39, 0.29) is 5.78 Å². The summed E-state index contributed by atoms with van der Waals surface area (Å²) in [6.07, 6.45) is 3.32. The first-order valence-electron chi connectivity index (χ1n) is 11.9. The summed E-state index contributed by atoms with van der Waals surface area (Å²) in [4.78, 5) is 18.0. The standard InChI is InChI=1S/C28H30BrN3O3/c1-4-6-17-10-24-27(25(33)11-17)26(21(14-30)16(2)32-24)19-12-22(29)28(23(31)13-19)35-15-18-7-5-8-20(9-18)34-3/h5,7-9,12-13,17,21,26H,4,6,10-11,15,31H2,1-3H3. The van der Waals surface area contributed by atoms with Crippen LogP contribution in [0.3, 0.4) is 0 Å². The molecule has 1 heterocycles. The van der Waals surface area contributed by atoms with Gasteiger partial charge in [0.15, 0.2) is 11.5 Å². The van der Waals surface area contributed by atoms with Crippen LogP contribution < -0.4 is 15.2 Å². The van der Waals surface area contributed by atoms with E-state index in [1.807, 2.05) is 43.3 Å². The fourth-order valence-corrected chi connectivity index (χ4v) is 5.77. The number of nitrogen functional groups attached to an aromatic ring is 1. The molecule has 6 nitrogen and oxygen atoms in total. The van der Waals surface area contributed by atoms with Gasteiger partial charge in [0.25, 0.3) is 0 Å². The fraction of sp³-hybridized carbons (Fsp3) is 0.393. The van der Waals surface area contributed by atoms with E-state index in [4.69, 9.17) is 20.2 Å². The highest BCUT2D eigenvalue weighted by Crippen LogP contribution is 2.47. The fourth-order valence-electron chi connectivity index (χ4n) is 5.16. The third-order valence-corrected chi connectivity index (χ3v) is 7.37. The minimum absolute atomic E-state index is 0.0965. The highest BCUT2D eigenvalue weighted by molar-refractivity contribution is 9.10. The van der Waals surface area contributed by atoms with Gasteiger partial charge in [-0.2, -0.15) is 5.26 Å². The molecule has 0 saturated heterocycles. The second kappa shape index (κ2) is 10.7. The molecule has 0 amide bonds. The summed E-state index contributed by atoms with van der Waals surface area (Å²) < 4.78 is 12.0. The maximum atomic E-state index is 13.3. The summed E-state index contributed by atoms with van der Waals surface area (Å²) in [5.74, 6) is 0.778. The van der Waals surface area contributed by atoms with Gasteiger partial charge >= 0.3 is 0 Å². The molecule has 7 heteroatoms. The first kappa shape index (κ1) is 25.0. The topological polar surface area (TPSA) is 97.7 Å². The van der Waals surface area contributed by atoms with Gasteiger partial charge in [-0.15, -0.1) is 0 Å². The predicted molar refractivity (Wildman–Crippen MR) is 140 cm³/mol. The van der Waals surface area contributed by atoms with Crippen LogP contribution in [-0.2, 0) is 11.4 Å². The number of benzene rings is 2. The molecule has 35 heavy (non-hydrogen) atoms. The molecular weight excluding hydrogens is 506 g/mol. The van der Waals surface area contributed by atoms with Gasteiger partial charge in [0, 0.05) is 29.3 Å². The van der Waals surface area contributed by atoms with Gasteiger partial charge in [0.05, 0.1) is 29.3 Å². The normalized spacial score (nSPS) is 21.7. The van der Waals surface area contributed by atoms with Crippen LogP contribution in [-0.4, -0.2) is 18.6 Å². The molecule has 0 aromatic heterocycles. The van der Waals surface area contributed by atoms with E-state index in [0.717, 1.165) is 47.5 Å². The van der Waals surface area contributed by atoms with Crippen LogP contribution in [0.5, 0.6) is 11.5 Å². The second-order valence-electron chi connectivity index (χ2n) is 9.25. The number of methoxy groups -OCH3 is 1. The number of hydrogen-bond donors (Lipinski definition) is 1. The van der Waals surface area contributed by atoms with Gasteiger partial charge in [-0.25, -0.2) is 0 Å². The Kier molecular flexibility index (Phi) is 7.61. The summed E-state index contributed by atoms with van der Waals surface area (Å²) in [7, 11) is 1.63. The van der Waals surface area contributed by atoms with Crippen molar-refractivity contribution in [2.24, 2.45) is 16.8 Å². The highest BCUT2D eigenvalue weighted by Gasteiger charge is 2.41. The van der Waals surface area contributed by atoms with Gasteiger partial charge in [-0.1, -0.05) is 25.5 Å². The smallest absolute Gasteiger partial charge is 0.161 e. The summed E-state index contributed by atoms with van der Waals surface area (Å²) in [6, 6.07) is 13.8. The van der Waals surface area contributed by atoms with Crippen LogP contribution in [0.1, 0.15) is 56.6 Å². The molecule has 4 rings (SSSR count). The van der Waals surface area contributed by atoms with E-state index < -0.39 is 11.8 Å². The Balaban J connectivity index is 1.67. The predicted octanol–water partition coefficient (Wildman–Crippen LogP) is 6.35. The molecule has 0 saturated carbocycles. The lowest BCUT2D eigenvalue weighted by molar-refractivity contribution is -0.117. The van der Waals surface area contributed by atoms with Crippen LogP contribution in [0.2, 0.25) is 0 Å². The number of nitrogens with zero attached hydrogens (tertiary/aromatic N) is 2. The van der Waals surface area contributed by atoms with Crippen LogP contribution in [0.15, 0.2) is 57.1 Å². The number of carbonyl (C=O) groups excluding carboxylic acids is 1. The van der Waals surface area contributed by atoms with Crippen molar-refractivity contribution in [1.29, 1.82) is 5.26 Å². The highest BCUT2D eigenvalue weighted by atomic mass is 79.9. The molecule has 2 aromatic carbocycles. The quantitative estimate of drug-likeness (QED) is 0.416. The van der Waals surface area contributed by atoms with E-state index in [9.17, 15) is 10.1 Å². The molecule has 0 fully saturated rings. The maximum Gasteiger partial charge on any atom is 0.161 e. The monoisotopic (exact) mass is 535 g/mol. The van der Waals surface area contributed by atoms with Crippen LogP contribution in [0.4, 0.5) is 5.69 Å². The molecule has 2 N–H and O–H groups in total. The Labute approximate surface area is 215 Å². The van der Waals surface area contributed by atoms with Crippen LogP contribution in [0.25, 0.3) is 0 Å². The van der Waals surface area contributed by atoms with Gasteiger partial charge in [0.2, 0.25) is 0 Å². The zero-order valence-corrected chi connectivity index (χ0v) is 21.9. The van der Waals surface area contributed by atoms with Gasteiger partial charge in [0.1, 0.15) is 12.4 Å². The molecule has 3 atom stereocenters. The van der Waals surface area contributed by atoms with E-state index in [1.165, 1.54) is 0 Å². The van der Waals surface area contributed by atoms with Crippen molar-refractivity contribution >= 4 is 33.1 Å². The van der Waals surface area contributed by atoms with Crippen molar-refractivity contribution in [3.05, 3.63) is 63.3 Å². The Morgan fingerprint density at radius 1 is 1.26 bits per heavy atom. The van der Waals surface area contributed by atoms with Gasteiger partial charge < -0.3 is 15.2 Å². The van der Waals surface area contributed by atoms with E-state index in [0.29, 0.717) is 40.4 Å². The first-order valence-corrected chi connectivity index (χ1v) is 12.7. The number of ether oxygens (including phenoxy) is 2. The summed E-state index contributed by atoms with van der Waals surface area (Å²) in [5, 5.41) is 10.0. The average Bonchev–Trinajstić information content (AvgIpc) is 2.82. The zero-order chi connectivity index (χ0) is 25.1. The largest absolute Gasteiger partial charge is 0.497 e. The summed E-state index contributed by atoms with van der Waals surface area (Å²) >= 11 is 3.61. The SMILES string of the molecule is CCCC1CC(=O)C2=C(C1)N=C(C)C(C#N)C2c1cc(N)c(OCc2cccc(OC)c2)c(Br)c1. The van der Waals surface area contributed by atoms with Crippen molar-refractivity contribution in [3.63, 3.8) is 0 Å². The number of aliphatic imine (C=N–C) groups is 1. The molecule has 3 unspecified atom stereocenters. The second-order valence-corrected chi connectivity index (χ2v) is 10.1. The minimum atomic E-state index is -0.518. The number of carbonyl (C=O) groups is 1. The number of ketones is 1. The Hall–Kier alpha value is -3.11. The third kappa shape index (κ3) is 5.13. The van der Waals surface area contributed by atoms with Crippen molar-refractivity contribution in [2.45, 2.75) is 52.1 Å². The Morgan fingerprint density at radius 2 is 2.06 bits per heavy atom. The third-order valence-electron chi connectivity index (χ3n) is 6.78. The lowest BCUT2D eigenvalue weighted by Crippen LogP contribution is -2.32. The average molecular weight is 536 g/mol. The van der Waals surface area contributed by atoms with Gasteiger partial charge in [-0.05, 0) is 77.0 Å². The molecule has 2 aliphatic rings. The molecule has 1 aliphatic heterocycles. The van der Waals surface area contributed by atoms with Crippen LogP contribution >= 0.6 is 15.9 Å². The zero-order valence-electron chi connectivity index (χ0n) is 20.3. The Morgan fingerprint density at radius 3 is 2.74 bits per heavy atom. The molecule has 1 aliphatic carbocycles. The van der Waals surface area contributed by atoms with E-state index in [2.05, 4.69) is 28.9 Å². The molecular formula is C28H30BrN3O3. The first-order chi connectivity index (χ1) is 16.9. The number of nitriles is 1. The van der Waals surface area contributed by atoms with Crippen molar-refractivity contribution < 1.29 is 14.3 Å². The van der Waals surface area contributed by atoms with E-state index in [1.54, 1.807) is 7.11 Å². The van der Waals surface area contributed by atoms with Crippen LogP contribution in [0, 0.1) is 23.2 Å². The number of allylic oxidation sites excluding steroid dienone is 2. The van der Waals surface area contributed by atoms with E-state index >= 15 is 0 Å². The molecule has 182 valence electrons. The van der Waals surface area contributed by atoms with Crippen molar-refractivity contribution in [1.82, 2.24) is 0 Å². The Bertz CT molecular complexity index is 1220. The number of hydrogen-bond acceptors (Lipinski definition) is 6. The van der Waals surface area contributed by atoms with Crippen molar-refractivity contribution in [3.8, 4) is 17.6 Å². The molecule has 0 spiro atoms. The number of halogens is 1. The summed E-state index contributed by atoms with van der Waals surface area (Å²) in [6.45, 7) is 4.33. The molecule has 0 radical (unpaired) electrons. The maximum absolute atomic E-state index is 13.3. The lowest BCUT2D eigenvalue weighted by atomic mass is 9.70. The molecule has 0 bridgehead atoms. The van der Waals surface area contributed by atoms with Crippen molar-refractivity contribution in [2.75, 3.05) is 12.8 Å². The lowest BCUT2D eigenvalue weighted by Gasteiger charge is -2.35. The number of anilines is 1. The minimum Gasteiger partial charge on any atom is -0.497 e. The number of nitrogens with two attached hydrogens (primary N) is 1.